The van der Waals surface area contributed by atoms with Gasteiger partial charge in [-0.2, -0.15) is 0 Å². The van der Waals surface area contributed by atoms with Gasteiger partial charge in [0.2, 0.25) is 5.91 Å². The molecule has 0 aliphatic heterocycles. The van der Waals surface area contributed by atoms with E-state index >= 15 is 0 Å². The Hall–Kier alpha value is -1.61. The Morgan fingerprint density at radius 3 is 2.40 bits per heavy atom. The molecule has 1 amide bonds. The van der Waals surface area contributed by atoms with E-state index in [1.807, 2.05) is 44.2 Å². The molecule has 0 spiro atoms. The molecule has 1 aromatic carbocycles. The number of carbonyl (C=O) groups excluding carboxylic acids is 1. The van der Waals surface area contributed by atoms with Crippen molar-refractivity contribution in [3.8, 4) is 0 Å². The van der Waals surface area contributed by atoms with Gasteiger partial charge >= 0.3 is 0 Å². The summed E-state index contributed by atoms with van der Waals surface area (Å²) in [4.78, 5) is 12.1. The van der Waals surface area contributed by atoms with E-state index in [0.29, 0.717) is 0 Å². The average Bonchev–Trinajstić information content (AvgIpc) is 2.44. The van der Waals surface area contributed by atoms with E-state index in [-0.39, 0.29) is 18.1 Å². The Balaban J connectivity index is 1.93. The molecule has 1 aromatic rings. The minimum atomic E-state index is -0.188. The van der Waals surface area contributed by atoms with E-state index in [9.17, 15) is 9.90 Å². The van der Waals surface area contributed by atoms with Crippen LogP contribution in [0.2, 0.25) is 0 Å². The van der Waals surface area contributed by atoms with Gasteiger partial charge in [-0.25, -0.2) is 0 Å². The van der Waals surface area contributed by atoms with Crippen LogP contribution in [-0.4, -0.2) is 23.2 Å². The molecular weight excluding hydrogens is 250 g/mol. The molecule has 0 atom stereocenters. The highest BCUT2D eigenvalue weighted by Crippen LogP contribution is 2.18. The van der Waals surface area contributed by atoms with E-state index in [1.54, 1.807) is 0 Å². The third-order valence-electron chi connectivity index (χ3n) is 3.85. The monoisotopic (exact) mass is 273 g/mol. The summed E-state index contributed by atoms with van der Waals surface area (Å²) in [5.74, 6) is -0.00744. The molecule has 0 radical (unpaired) electrons. The molecule has 20 heavy (non-hydrogen) atoms. The number of carbonyl (C=O) groups is 1. The fraction of sp³-hybridized carbons (Fsp3) is 0.471. The molecular formula is C17H23NO2. The van der Waals surface area contributed by atoms with Gasteiger partial charge in [0.15, 0.2) is 0 Å². The second-order valence-corrected chi connectivity index (χ2v) is 5.72. The van der Waals surface area contributed by atoms with Gasteiger partial charge in [0, 0.05) is 11.6 Å². The van der Waals surface area contributed by atoms with Crippen LogP contribution in [0.5, 0.6) is 0 Å². The molecule has 2 N–H and O–H groups in total. The van der Waals surface area contributed by atoms with Crippen LogP contribution in [0.3, 0.4) is 0 Å². The summed E-state index contributed by atoms with van der Waals surface area (Å²) in [6, 6.07) is 8.32. The normalized spacial score (nSPS) is 23.4. The van der Waals surface area contributed by atoms with Crippen LogP contribution in [0.15, 0.2) is 29.8 Å². The van der Waals surface area contributed by atoms with Gasteiger partial charge in [-0.3, -0.25) is 4.79 Å². The van der Waals surface area contributed by atoms with Crippen molar-refractivity contribution in [2.24, 2.45) is 0 Å². The Morgan fingerprint density at radius 1 is 1.20 bits per heavy atom. The van der Waals surface area contributed by atoms with Gasteiger partial charge in [0.05, 0.1) is 6.10 Å². The molecule has 0 aromatic heterocycles. The number of nitrogens with one attached hydrogen (secondary N) is 1. The van der Waals surface area contributed by atoms with Crippen molar-refractivity contribution in [1.82, 2.24) is 5.32 Å². The van der Waals surface area contributed by atoms with E-state index in [0.717, 1.165) is 36.8 Å². The maximum absolute atomic E-state index is 12.1. The van der Waals surface area contributed by atoms with E-state index in [2.05, 4.69) is 5.32 Å². The highest BCUT2D eigenvalue weighted by molar-refractivity contribution is 5.97. The third-order valence-corrected chi connectivity index (χ3v) is 3.85. The molecule has 1 fully saturated rings. The average molecular weight is 273 g/mol. The van der Waals surface area contributed by atoms with Gasteiger partial charge in [-0.15, -0.1) is 0 Å². The van der Waals surface area contributed by atoms with Crippen molar-refractivity contribution in [3.63, 3.8) is 0 Å². The zero-order chi connectivity index (χ0) is 14.5. The lowest BCUT2D eigenvalue weighted by molar-refractivity contribution is -0.118. The lowest BCUT2D eigenvalue weighted by atomic mass is 9.93. The molecule has 2 rings (SSSR count). The van der Waals surface area contributed by atoms with Crippen LogP contribution < -0.4 is 5.32 Å². The quantitative estimate of drug-likeness (QED) is 0.832. The summed E-state index contributed by atoms with van der Waals surface area (Å²) in [5, 5.41) is 12.5. The highest BCUT2D eigenvalue weighted by Gasteiger charge is 2.20. The Labute approximate surface area is 120 Å². The number of amides is 1. The Kier molecular flexibility index (Phi) is 4.96. The Morgan fingerprint density at radius 2 is 1.80 bits per heavy atom. The third kappa shape index (κ3) is 4.20. The lowest BCUT2D eigenvalue weighted by Crippen LogP contribution is -2.38. The fourth-order valence-corrected chi connectivity index (χ4v) is 2.50. The van der Waals surface area contributed by atoms with Gasteiger partial charge in [0.1, 0.15) is 0 Å². The maximum Gasteiger partial charge on any atom is 0.247 e. The number of benzene rings is 1. The molecule has 3 nitrogen and oxygen atoms in total. The van der Waals surface area contributed by atoms with Crippen LogP contribution in [0.1, 0.15) is 43.7 Å². The van der Waals surface area contributed by atoms with Crippen molar-refractivity contribution in [3.05, 3.63) is 41.0 Å². The minimum Gasteiger partial charge on any atom is -0.393 e. The molecule has 1 aliphatic rings. The fourth-order valence-electron chi connectivity index (χ4n) is 2.50. The van der Waals surface area contributed by atoms with E-state index < -0.39 is 0 Å². The predicted octanol–water partition coefficient (Wildman–Crippen LogP) is 2.82. The van der Waals surface area contributed by atoms with Gasteiger partial charge < -0.3 is 10.4 Å². The van der Waals surface area contributed by atoms with Crippen molar-refractivity contribution < 1.29 is 9.90 Å². The first kappa shape index (κ1) is 14.8. The van der Waals surface area contributed by atoms with Gasteiger partial charge in [-0.05, 0) is 51.2 Å². The first-order valence-electron chi connectivity index (χ1n) is 7.28. The summed E-state index contributed by atoms with van der Waals surface area (Å²) in [5.41, 5.74) is 2.98. The number of hydrogen-bond acceptors (Lipinski definition) is 2. The Bertz CT molecular complexity index is 482. The number of aryl methyl sites for hydroxylation is 1. The molecule has 3 heteroatoms. The zero-order valence-electron chi connectivity index (χ0n) is 12.2. The van der Waals surface area contributed by atoms with Crippen LogP contribution in [0.25, 0.3) is 6.08 Å². The number of rotatable bonds is 3. The topological polar surface area (TPSA) is 49.3 Å². The summed E-state index contributed by atoms with van der Waals surface area (Å²) in [7, 11) is 0. The second-order valence-electron chi connectivity index (χ2n) is 5.72. The number of aliphatic hydroxyl groups excluding tert-OH is 1. The van der Waals surface area contributed by atoms with Crippen molar-refractivity contribution in [1.29, 1.82) is 0 Å². The van der Waals surface area contributed by atoms with Gasteiger partial charge in [0.25, 0.3) is 0 Å². The van der Waals surface area contributed by atoms with Crippen LogP contribution in [0, 0.1) is 6.92 Å². The van der Waals surface area contributed by atoms with Crippen LogP contribution in [-0.2, 0) is 4.79 Å². The van der Waals surface area contributed by atoms with Crippen LogP contribution >= 0.6 is 0 Å². The minimum absolute atomic E-state index is 0.00744. The zero-order valence-corrected chi connectivity index (χ0v) is 12.2. The van der Waals surface area contributed by atoms with E-state index in [4.69, 9.17) is 0 Å². The smallest absolute Gasteiger partial charge is 0.247 e. The first-order chi connectivity index (χ1) is 9.54. The van der Waals surface area contributed by atoms with Crippen molar-refractivity contribution >= 4 is 12.0 Å². The molecule has 1 aliphatic carbocycles. The summed E-state index contributed by atoms with van der Waals surface area (Å²) in [6.45, 7) is 3.89. The summed E-state index contributed by atoms with van der Waals surface area (Å²) in [6.07, 6.45) is 5.02. The number of aliphatic hydroxyl groups is 1. The van der Waals surface area contributed by atoms with Crippen LogP contribution in [0.4, 0.5) is 0 Å². The SMILES string of the molecule is C/C(=C/c1ccc(C)cc1)C(=O)NC1CCC(O)CC1. The highest BCUT2D eigenvalue weighted by atomic mass is 16.3. The van der Waals surface area contributed by atoms with Gasteiger partial charge in [-0.1, -0.05) is 29.8 Å². The van der Waals surface area contributed by atoms with E-state index in [1.165, 1.54) is 5.56 Å². The largest absolute Gasteiger partial charge is 0.393 e. The molecule has 0 heterocycles. The van der Waals surface area contributed by atoms with Crippen molar-refractivity contribution in [2.45, 2.75) is 51.7 Å². The maximum atomic E-state index is 12.1. The molecule has 1 saturated carbocycles. The number of hydrogen-bond donors (Lipinski definition) is 2. The summed E-state index contributed by atoms with van der Waals surface area (Å²) >= 11 is 0. The standard InChI is InChI=1S/C17H23NO2/c1-12-3-5-14(6-4-12)11-13(2)17(20)18-15-7-9-16(19)10-8-15/h3-6,11,15-16,19H,7-10H2,1-2H3,(H,18,20)/b13-11-. The molecule has 108 valence electrons. The first-order valence-corrected chi connectivity index (χ1v) is 7.28. The van der Waals surface area contributed by atoms with Crippen molar-refractivity contribution in [2.75, 3.05) is 0 Å². The molecule has 0 bridgehead atoms. The predicted molar refractivity (Wildman–Crippen MR) is 81.2 cm³/mol. The lowest BCUT2D eigenvalue weighted by Gasteiger charge is -2.26. The molecule has 0 unspecified atom stereocenters. The second kappa shape index (κ2) is 6.71. The summed E-state index contributed by atoms with van der Waals surface area (Å²) < 4.78 is 0. The molecule has 0 saturated heterocycles.